The van der Waals surface area contributed by atoms with Crippen LogP contribution < -0.4 is 11.1 Å². The molecule has 0 aliphatic heterocycles. The SMILES string of the molecule is CC(C)CC(CN)C(=O)Nc1cccc2ccncc12. The van der Waals surface area contributed by atoms with Crippen LogP contribution in [0, 0.1) is 11.8 Å². The highest BCUT2D eigenvalue weighted by atomic mass is 16.1. The second-order valence-corrected chi connectivity index (χ2v) is 5.45. The van der Waals surface area contributed by atoms with Gasteiger partial charge in [-0.2, -0.15) is 0 Å². The third-order valence-electron chi connectivity index (χ3n) is 3.35. The number of amides is 1. The molecule has 1 unspecified atom stereocenters. The second-order valence-electron chi connectivity index (χ2n) is 5.45. The fourth-order valence-corrected chi connectivity index (χ4v) is 2.34. The molecule has 1 aromatic carbocycles. The van der Waals surface area contributed by atoms with Gasteiger partial charge in [0.05, 0.1) is 11.6 Å². The molecule has 1 atom stereocenters. The van der Waals surface area contributed by atoms with Crippen LogP contribution in [0.3, 0.4) is 0 Å². The van der Waals surface area contributed by atoms with E-state index in [9.17, 15) is 4.79 Å². The van der Waals surface area contributed by atoms with Crippen molar-refractivity contribution >= 4 is 22.4 Å². The molecule has 4 heteroatoms. The van der Waals surface area contributed by atoms with Crippen LogP contribution in [0.4, 0.5) is 5.69 Å². The van der Waals surface area contributed by atoms with Crippen molar-refractivity contribution in [3.63, 3.8) is 0 Å². The van der Waals surface area contributed by atoms with Gasteiger partial charge in [0, 0.05) is 24.3 Å². The maximum absolute atomic E-state index is 12.3. The largest absolute Gasteiger partial charge is 0.330 e. The van der Waals surface area contributed by atoms with Crippen LogP contribution in [-0.2, 0) is 4.79 Å². The number of hydrogen-bond acceptors (Lipinski definition) is 3. The van der Waals surface area contributed by atoms with Gasteiger partial charge >= 0.3 is 0 Å². The topological polar surface area (TPSA) is 68.0 Å². The van der Waals surface area contributed by atoms with Crippen molar-refractivity contribution in [2.45, 2.75) is 20.3 Å². The Balaban J connectivity index is 2.21. The Morgan fingerprint density at radius 2 is 2.15 bits per heavy atom. The number of aromatic nitrogens is 1. The zero-order valence-electron chi connectivity index (χ0n) is 12.0. The van der Waals surface area contributed by atoms with Crippen LogP contribution in [0.25, 0.3) is 10.8 Å². The zero-order chi connectivity index (χ0) is 14.5. The summed E-state index contributed by atoms with van der Waals surface area (Å²) in [4.78, 5) is 16.4. The molecule has 0 radical (unpaired) electrons. The molecule has 3 N–H and O–H groups in total. The van der Waals surface area contributed by atoms with Gasteiger partial charge in [0.25, 0.3) is 0 Å². The van der Waals surface area contributed by atoms with Crippen LogP contribution in [0.15, 0.2) is 36.7 Å². The second kappa shape index (κ2) is 6.48. The average Bonchev–Trinajstić information content (AvgIpc) is 2.45. The summed E-state index contributed by atoms with van der Waals surface area (Å²) in [6.45, 7) is 4.56. The fraction of sp³-hybridized carbons (Fsp3) is 0.375. The van der Waals surface area contributed by atoms with E-state index in [-0.39, 0.29) is 11.8 Å². The lowest BCUT2D eigenvalue weighted by atomic mass is 9.96. The summed E-state index contributed by atoms with van der Waals surface area (Å²) in [7, 11) is 0. The quantitative estimate of drug-likeness (QED) is 0.878. The van der Waals surface area contributed by atoms with Gasteiger partial charge in [-0.15, -0.1) is 0 Å². The van der Waals surface area contributed by atoms with Crippen molar-refractivity contribution in [1.29, 1.82) is 0 Å². The van der Waals surface area contributed by atoms with Crippen LogP contribution in [0.1, 0.15) is 20.3 Å². The lowest BCUT2D eigenvalue weighted by molar-refractivity contribution is -0.120. The number of nitrogens with two attached hydrogens (primary N) is 1. The number of fused-ring (bicyclic) bond motifs is 1. The van der Waals surface area contributed by atoms with E-state index >= 15 is 0 Å². The van der Waals surface area contributed by atoms with E-state index in [0.717, 1.165) is 22.9 Å². The van der Waals surface area contributed by atoms with E-state index < -0.39 is 0 Å². The molecule has 1 amide bonds. The Morgan fingerprint density at radius 1 is 1.35 bits per heavy atom. The Morgan fingerprint density at radius 3 is 2.85 bits per heavy atom. The van der Waals surface area contributed by atoms with Gasteiger partial charge in [0.15, 0.2) is 0 Å². The van der Waals surface area contributed by atoms with E-state index in [4.69, 9.17) is 5.73 Å². The zero-order valence-corrected chi connectivity index (χ0v) is 12.0. The first kappa shape index (κ1) is 14.5. The lowest BCUT2D eigenvalue weighted by Crippen LogP contribution is -2.30. The van der Waals surface area contributed by atoms with Crippen LogP contribution in [0.2, 0.25) is 0 Å². The summed E-state index contributed by atoms with van der Waals surface area (Å²) in [6, 6.07) is 7.75. The monoisotopic (exact) mass is 271 g/mol. The molecule has 0 saturated carbocycles. The van der Waals surface area contributed by atoms with E-state index in [1.807, 2.05) is 24.3 Å². The van der Waals surface area contributed by atoms with Crippen molar-refractivity contribution in [1.82, 2.24) is 4.98 Å². The number of anilines is 1. The molecule has 0 aliphatic rings. The summed E-state index contributed by atoms with van der Waals surface area (Å²) in [5.74, 6) is 0.281. The highest BCUT2D eigenvalue weighted by Crippen LogP contribution is 2.23. The average molecular weight is 271 g/mol. The molecular weight excluding hydrogens is 250 g/mol. The molecule has 2 rings (SSSR count). The molecule has 2 aromatic rings. The summed E-state index contributed by atoms with van der Waals surface area (Å²) < 4.78 is 0. The van der Waals surface area contributed by atoms with Gasteiger partial charge in [0.2, 0.25) is 5.91 Å². The van der Waals surface area contributed by atoms with E-state index in [2.05, 4.69) is 24.1 Å². The number of benzene rings is 1. The first-order valence-corrected chi connectivity index (χ1v) is 6.95. The molecule has 0 spiro atoms. The van der Waals surface area contributed by atoms with Gasteiger partial charge < -0.3 is 11.1 Å². The summed E-state index contributed by atoms with van der Waals surface area (Å²) >= 11 is 0. The van der Waals surface area contributed by atoms with Gasteiger partial charge in [-0.1, -0.05) is 26.0 Å². The number of hydrogen-bond donors (Lipinski definition) is 2. The van der Waals surface area contributed by atoms with Crippen LogP contribution >= 0.6 is 0 Å². The normalized spacial score (nSPS) is 12.6. The van der Waals surface area contributed by atoms with Gasteiger partial charge in [-0.05, 0) is 29.9 Å². The Bertz CT molecular complexity index is 590. The molecule has 0 aliphatic carbocycles. The smallest absolute Gasteiger partial charge is 0.228 e. The van der Waals surface area contributed by atoms with E-state index in [1.165, 1.54) is 0 Å². The first-order chi connectivity index (χ1) is 9.61. The highest BCUT2D eigenvalue weighted by molar-refractivity contribution is 6.02. The van der Waals surface area contributed by atoms with Crippen molar-refractivity contribution in [2.24, 2.45) is 17.6 Å². The lowest BCUT2D eigenvalue weighted by Gasteiger charge is -2.17. The molecule has 1 heterocycles. The van der Waals surface area contributed by atoms with E-state index in [1.54, 1.807) is 12.4 Å². The van der Waals surface area contributed by atoms with Gasteiger partial charge in [-0.25, -0.2) is 0 Å². The van der Waals surface area contributed by atoms with Crippen molar-refractivity contribution in [3.05, 3.63) is 36.7 Å². The summed E-state index contributed by atoms with van der Waals surface area (Å²) in [6.07, 6.45) is 4.31. The molecule has 106 valence electrons. The first-order valence-electron chi connectivity index (χ1n) is 6.95. The predicted molar refractivity (Wildman–Crippen MR) is 82.4 cm³/mol. The Labute approximate surface area is 119 Å². The summed E-state index contributed by atoms with van der Waals surface area (Å²) in [5.41, 5.74) is 6.51. The minimum absolute atomic E-state index is 0.0162. The Kier molecular flexibility index (Phi) is 4.69. The maximum atomic E-state index is 12.3. The molecule has 20 heavy (non-hydrogen) atoms. The molecule has 0 bridgehead atoms. The minimum atomic E-state index is -0.151. The predicted octanol–water partition coefficient (Wildman–Crippen LogP) is 2.79. The number of pyridine rings is 1. The number of carbonyl (C=O) groups is 1. The molecule has 4 nitrogen and oxygen atoms in total. The molecule has 0 saturated heterocycles. The Hall–Kier alpha value is -1.94. The third-order valence-corrected chi connectivity index (χ3v) is 3.35. The van der Waals surface area contributed by atoms with Gasteiger partial charge in [0.1, 0.15) is 0 Å². The third kappa shape index (κ3) is 3.33. The minimum Gasteiger partial charge on any atom is -0.330 e. The van der Waals surface area contributed by atoms with Gasteiger partial charge in [-0.3, -0.25) is 9.78 Å². The number of carbonyl (C=O) groups excluding carboxylic acids is 1. The maximum Gasteiger partial charge on any atom is 0.228 e. The van der Waals surface area contributed by atoms with Crippen LogP contribution in [0.5, 0.6) is 0 Å². The van der Waals surface area contributed by atoms with Crippen LogP contribution in [-0.4, -0.2) is 17.4 Å². The highest BCUT2D eigenvalue weighted by Gasteiger charge is 2.18. The standard InChI is InChI=1S/C16H21N3O/c1-11(2)8-13(9-17)16(20)19-15-5-3-4-12-6-7-18-10-14(12)15/h3-7,10-11,13H,8-9,17H2,1-2H3,(H,19,20). The fourth-order valence-electron chi connectivity index (χ4n) is 2.34. The number of rotatable bonds is 5. The van der Waals surface area contributed by atoms with Crippen molar-refractivity contribution in [3.8, 4) is 0 Å². The summed E-state index contributed by atoms with van der Waals surface area (Å²) in [5, 5.41) is 4.99. The molecular formula is C16H21N3O. The van der Waals surface area contributed by atoms with Crippen molar-refractivity contribution in [2.75, 3.05) is 11.9 Å². The molecule has 0 fully saturated rings. The number of nitrogens with zero attached hydrogens (tertiary/aromatic N) is 1. The number of nitrogens with one attached hydrogen (secondary N) is 1. The van der Waals surface area contributed by atoms with Crippen molar-refractivity contribution < 1.29 is 4.79 Å². The van der Waals surface area contributed by atoms with E-state index in [0.29, 0.717) is 12.5 Å². The molecule has 1 aromatic heterocycles.